The number of nitrogens with zero attached hydrogens (tertiary/aromatic N) is 2. The number of hydrogen-bond acceptors (Lipinski definition) is 2. The molecule has 0 aromatic carbocycles. The molecule has 0 bridgehead atoms. The minimum atomic E-state index is 1.07. The smallest absolute Gasteiger partial charge is 0.0605 e. The van der Waals surface area contributed by atoms with E-state index in [9.17, 15) is 0 Å². The summed E-state index contributed by atoms with van der Waals surface area (Å²) in [6, 6.07) is 0. The molecule has 0 atom stereocenters. The molecule has 0 saturated carbocycles. The van der Waals surface area contributed by atoms with Crippen molar-refractivity contribution in [3.63, 3.8) is 0 Å². The van der Waals surface area contributed by atoms with Gasteiger partial charge in [0.25, 0.3) is 0 Å². The number of hydrogen-bond donors (Lipinski definition) is 0. The van der Waals surface area contributed by atoms with E-state index in [4.69, 9.17) is 0 Å². The zero-order valence-electron chi connectivity index (χ0n) is 6.91. The first kappa shape index (κ1) is 7.79. The van der Waals surface area contributed by atoms with E-state index in [1.54, 1.807) is 5.01 Å². The summed E-state index contributed by atoms with van der Waals surface area (Å²) in [6.45, 7) is 7.50. The fraction of sp³-hybridized carbons (Fsp3) is 0.222. The second-order valence-corrected chi connectivity index (χ2v) is 2.40. The lowest BCUT2D eigenvalue weighted by Gasteiger charge is -2.18. The maximum atomic E-state index is 3.82. The van der Waals surface area contributed by atoms with Crippen LogP contribution in [-0.2, 0) is 0 Å². The summed E-state index contributed by atoms with van der Waals surface area (Å²) in [5, 5.41) is 5.56. The molecular formula is C9H12N2. The van der Waals surface area contributed by atoms with Gasteiger partial charge in [-0.3, -0.25) is 0 Å². The highest BCUT2D eigenvalue weighted by atomic mass is 15.4. The van der Waals surface area contributed by atoms with Gasteiger partial charge in [-0.2, -0.15) is 5.10 Å². The molecule has 0 radical (unpaired) electrons. The van der Waals surface area contributed by atoms with Gasteiger partial charge in [0.2, 0.25) is 0 Å². The Labute approximate surface area is 67.2 Å². The third kappa shape index (κ3) is 1.58. The highest BCUT2D eigenvalue weighted by Gasteiger charge is 2.03. The van der Waals surface area contributed by atoms with Gasteiger partial charge in [0, 0.05) is 12.9 Å². The van der Waals surface area contributed by atoms with Crippen molar-refractivity contribution >= 4 is 6.72 Å². The van der Waals surface area contributed by atoms with Crippen LogP contribution in [0.5, 0.6) is 0 Å². The van der Waals surface area contributed by atoms with Crippen LogP contribution in [0.1, 0.15) is 13.8 Å². The van der Waals surface area contributed by atoms with Crippen molar-refractivity contribution < 1.29 is 0 Å². The monoisotopic (exact) mass is 148 g/mol. The van der Waals surface area contributed by atoms with Gasteiger partial charge in [-0.05, 0) is 31.6 Å². The molecule has 0 amide bonds. The van der Waals surface area contributed by atoms with E-state index in [-0.39, 0.29) is 0 Å². The summed E-state index contributed by atoms with van der Waals surface area (Å²) in [6.07, 6.45) is 7.97. The van der Waals surface area contributed by atoms with Crippen LogP contribution in [0.15, 0.2) is 40.8 Å². The molecule has 0 unspecified atom stereocenters. The van der Waals surface area contributed by atoms with Gasteiger partial charge in [-0.1, -0.05) is 6.08 Å². The Hall–Kier alpha value is -1.31. The number of hydrazone groups is 1. The first-order valence-corrected chi connectivity index (χ1v) is 3.56. The van der Waals surface area contributed by atoms with Crippen molar-refractivity contribution in [3.8, 4) is 0 Å². The van der Waals surface area contributed by atoms with Crippen LogP contribution in [0.4, 0.5) is 0 Å². The second-order valence-electron chi connectivity index (χ2n) is 2.40. The molecule has 0 aromatic rings. The van der Waals surface area contributed by atoms with Gasteiger partial charge >= 0.3 is 0 Å². The summed E-state index contributed by atoms with van der Waals surface area (Å²) in [5.74, 6) is 0. The van der Waals surface area contributed by atoms with Crippen LogP contribution in [0, 0.1) is 0 Å². The Bertz CT molecular complexity index is 246. The third-order valence-corrected chi connectivity index (χ3v) is 1.57. The van der Waals surface area contributed by atoms with Gasteiger partial charge < -0.3 is 0 Å². The quantitative estimate of drug-likeness (QED) is 0.521. The van der Waals surface area contributed by atoms with Crippen molar-refractivity contribution in [2.45, 2.75) is 13.8 Å². The second kappa shape index (κ2) is 3.19. The van der Waals surface area contributed by atoms with Gasteiger partial charge in [0.1, 0.15) is 0 Å². The van der Waals surface area contributed by atoms with Crippen LogP contribution >= 0.6 is 0 Å². The normalized spacial score (nSPS) is 20.4. The molecule has 0 aromatic heterocycles. The fourth-order valence-electron chi connectivity index (χ4n) is 0.966. The van der Waals surface area contributed by atoms with E-state index in [1.165, 1.54) is 5.57 Å². The van der Waals surface area contributed by atoms with Crippen molar-refractivity contribution in [2.24, 2.45) is 5.10 Å². The Morgan fingerprint density at radius 3 is 2.91 bits per heavy atom. The van der Waals surface area contributed by atoms with Crippen molar-refractivity contribution in [1.29, 1.82) is 0 Å². The first-order valence-electron chi connectivity index (χ1n) is 3.56. The molecular weight excluding hydrogens is 136 g/mol. The van der Waals surface area contributed by atoms with Gasteiger partial charge in [0.05, 0.1) is 5.70 Å². The minimum Gasteiger partial charge on any atom is -0.242 e. The van der Waals surface area contributed by atoms with Crippen LogP contribution in [-0.4, -0.2) is 11.7 Å². The van der Waals surface area contributed by atoms with Crippen molar-refractivity contribution in [2.75, 3.05) is 0 Å². The molecule has 58 valence electrons. The van der Waals surface area contributed by atoms with E-state index >= 15 is 0 Å². The molecule has 0 fully saturated rings. The molecule has 0 aliphatic carbocycles. The minimum absolute atomic E-state index is 1.07. The maximum Gasteiger partial charge on any atom is 0.0605 e. The van der Waals surface area contributed by atoms with Crippen molar-refractivity contribution in [3.05, 3.63) is 35.7 Å². The Morgan fingerprint density at radius 2 is 2.36 bits per heavy atom. The Kier molecular flexibility index (Phi) is 2.26. The third-order valence-electron chi connectivity index (χ3n) is 1.57. The van der Waals surface area contributed by atoms with E-state index in [0.29, 0.717) is 0 Å². The first-order chi connectivity index (χ1) is 5.27. The zero-order valence-corrected chi connectivity index (χ0v) is 6.91. The van der Waals surface area contributed by atoms with Crippen LogP contribution in [0.25, 0.3) is 0 Å². The Balaban J connectivity index is 2.92. The van der Waals surface area contributed by atoms with E-state index < -0.39 is 0 Å². The van der Waals surface area contributed by atoms with Crippen molar-refractivity contribution in [1.82, 2.24) is 5.01 Å². The molecule has 1 aliphatic rings. The molecule has 1 heterocycles. The van der Waals surface area contributed by atoms with Gasteiger partial charge in [-0.25, -0.2) is 5.01 Å². The SMILES string of the molecule is C=NN1C=CC(C)=C/C1=C/C. The molecule has 1 rings (SSSR count). The lowest BCUT2D eigenvalue weighted by Crippen LogP contribution is -2.09. The summed E-state index contributed by atoms with van der Waals surface area (Å²) < 4.78 is 0. The topological polar surface area (TPSA) is 15.6 Å². The van der Waals surface area contributed by atoms with Crippen LogP contribution in [0.2, 0.25) is 0 Å². The fourth-order valence-corrected chi connectivity index (χ4v) is 0.966. The standard InChI is InChI=1S/C9H12N2/c1-4-9-7-8(2)5-6-11(9)10-3/h4-7H,3H2,1-2H3/b9-4-. The molecule has 2 nitrogen and oxygen atoms in total. The zero-order chi connectivity index (χ0) is 8.27. The summed E-state index contributed by atoms with van der Waals surface area (Å²) in [5.41, 5.74) is 2.30. The molecule has 1 aliphatic heterocycles. The average Bonchev–Trinajstić information content (AvgIpc) is 2.04. The van der Waals surface area contributed by atoms with E-state index in [2.05, 4.69) is 24.8 Å². The molecule has 11 heavy (non-hydrogen) atoms. The highest BCUT2D eigenvalue weighted by Crippen LogP contribution is 2.16. The molecule has 2 heteroatoms. The van der Waals surface area contributed by atoms with E-state index in [0.717, 1.165) is 5.70 Å². The van der Waals surface area contributed by atoms with Crippen LogP contribution in [0.3, 0.4) is 0 Å². The summed E-state index contributed by atoms with van der Waals surface area (Å²) >= 11 is 0. The Morgan fingerprint density at radius 1 is 1.64 bits per heavy atom. The predicted octanol–water partition coefficient (Wildman–Crippen LogP) is 2.28. The van der Waals surface area contributed by atoms with E-state index in [1.807, 2.05) is 25.3 Å². The lowest BCUT2D eigenvalue weighted by molar-refractivity contribution is 0.512. The lowest BCUT2D eigenvalue weighted by atomic mass is 10.2. The highest BCUT2D eigenvalue weighted by molar-refractivity contribution is 5.35. The number of rotatable bonds is 1. The summed E-state index contributed by atoms with van der Waals surface area (Å²) in [7, 11) is 0. The van der Waals surface area contributed by atoms with Gasteiger partial charge in [0.15, 0.2) is 0 Å². The maximum absolute atomic E-state index is 3.82. The van der Waals surface area contributed by atoms with Crippen LogP contribution < -0.4 is 0 Å². The molecule has 0 saturated heterocycles. The molecule has 0 spiro atoms. The predicted molar refractivity (Wildman–Crippen MR) is 48.0 cm³/mol. The number of allylic oxidation sites excluding steroid dienone is 4. The average molecular weight is 148 g/mol. The largest absolute Gasteiger partial charge is 0.242 e. The summed E-state index contributed by atoms with van der Waals surface area (Å²) in [4.78, 5) is 0. The molecule has 0 N–H and O–H groups in total. The van der Waals surface area contributed by atoms with Gasteiger partial charge in [-0.15, -0.1) is 0 Å².